The van der Waals surface area contributed by atoms with Crippen LogP contribution in [-0.2, 0) is 9.53 Å². The Morgan fingerprint density at radius 3 is 2.86 bits per heavy atom. The third-order valence-electron chi connectivity index (χ3n) is 2.89. The van der Waals surface area contributed by atoms with E-state index in [2.05, 4.69) is 9.98 Å². The molecule has 2 aromatic rings. The van der Waals surface area contributed by atoms with Gasteiger partial charge >= 0.3 is 5.97 Å². The fourth-order valence-corrected chi connectivity index (χ4v) is 2.61. The van der Waals surface area contributed by atoms with Crippen molar-refractivity contribution in [3.05, 3.63) is 52.0 Å². The molecule has 0 amide bonds. The lowest BCUT2D eigenvalue weighted by molar-refractivity contribution is -0.129. The van der Waals surface area contributed by atoms with Crippen LogP contribution in [0.1, 0.15) is 10.4 Å². The van der Waals surface area contributed by atoms with Crippen molar-refractivity contribution in [2.75, 3.05) is 19.0 Å². The summed E-state index contributed by atoms with van der Waals surface area (Å²) in [7, 11) is 3.80. The van der Waals surface area contributed by atoms with Crippen molar-refractivity contribution in [3.8, 4) is 0 Å². The van der Waals surface area contributed by atoms with Crippen LogP contribution in [0, 0.1) is 0 Å². The summed E-state index contributed by atoms with van der Waals surface area (Å²) < 4.78 is 5.21. The van der Waals surface area contributed by atoms with Crippen LogP contribution in [0.2, 0.25) is 0 Å². The molecule has 2 aromatic heterocycles. The molecule has 3 rings (SSSR count). The van der Waals surface area contributed by atoms with Gasteiger partial charge in [-0.05, 0) is 29.7 Å². The maximum Gasteiger partial charge on any atom is 0.363 e. The molecular weight excluding hydrogens is 286 g/mol. The molecule has 3 heterocycles. The Kier molecular flexibility index (Phi) is 3.53. The number of ether oxygens (including phenoxy) is 1. The molecule has 0 saturated heterocycles. The van der Waals surface area contributed by atoms with Gasteiger partial charge in [0.2, 0.25) is 5.90 Å². The summed E-state index contributed by atoms with van der Waals surface area (Å²) in [5.74, 6) is 0.695. The number of aliphatic imine (C=N–C) groups is 1. The van der Waals surface area contributed by atoms with E-state index in [0.717, 1.165) is 16.3 Å². The Labute approximate surface area is 126 Å². The minimum Gasteiger partial charge on any atom is -0.401 e. The highest BCUT2D eigenvalue weighted by Crippen LogP contribution is 2.24. The summed E-state index contributed by atoms with van der Waals surface area (Å²) in [6.07, 6.45) is 3.41. The zero-order valence-electron chi connectivity index (χ0n) is 11.6. The third kappa shape index (κ3) is 2.71. The molecule has 0 atom stereocenters. The first-order valence-corrected chi connectivity index (χ1v) is 7.22. The first-order chi connectivity index (χ1) is 10.1. The Bertz CT molecular complexity index is 733. The number of aromatic nitrogens is 1. The molecule has 0 aromatic carbocycles. The highest BCUT2D eigenvalue weighted by molar-refractivity contribution is 7.12. The van der Waals surface area contributed by atoms with E-state index < -0.39 is 5.97 Å². The summed E-state index contributed by atoms with van der Waals surface area (Å²) >= 11 is 1.48. The van der Waals surface area contributed by atoms with E-state index in [1.54, 1.807) is 12.3 Å². The lowest BCUT2D eigenvalue weighted by Gasteiger charge is -2.13. The molecule has 6 heteroatoms. The standard InChI is InChI=1S/C15H13N3O2S/c1-18(2)13-10(5-3-7-16-13)9-11-15(19)20-14(17-11)12-6-4-8-21-12/h3-9H,1-2H3/b11-9-. The van der Waals surface area contributed by atoms with Crippen molar-refractivity contribution < 1.29 is 9.53 Å². The number of anilines is 1. The first kappa shape index (κ1) is 13.5. The van der Waals surface area contributed by atoms with Gasteiger partial charge in [-0.1, -0.05) is 6.07 Å². The van der Waals surface area contributed by atoms with E-state index in [1.807, 2.05) is 48.6 Å². The molecule has 0 unspecified atom stereocenters. The van der Waals surface area contributed by atoms with Gasteiger partial charge in [0.1, 0.15) is 5.82 Å². The second kappa shape index (κ2) is 5.49. The van der Waals surface area contributed by atoms with E-state index in [9.17, 15) is 4.79 Å². The molecule has 106 valence electrons. The molecule has 21 heavy (non-hydrogen) atoms. The average molecular weight is 299 g/mol. The zero-order chi connectivity index (χ0) is 14.8. The van der Waals surface area contributed by atoms with Crippen molar-refractivity contribution in [2.24, 2.45) is 4.99 Å². The number of hydrogen-bond acceptors (Lipinski definition) is 6. The number of carbonyl (C=O) groups is 1. The van der Waals surface area contributed by atoms with Crippen LogP contribution in [0.15, 0.2) is 46.5 Å². The fourth-order valence-electron chi connectivity index (χ4n) is 1.96. The highest BCUT2D eigenvalue weighted by Gasteiger charge is 2.25. The SMILES string of the molecule is CN(C)c1ncccc1/C=C1\N=C(c2cccs2)OC1=O. The molecule has 0 spiro atoms. The van der Waals surface area contributed by atoms with Crippen molar-refractivity contribution in [2.45, 2.75) is 0 Å². The maximum atomic E-state index is 11.9. The Balaban J connectivity index is 1.99. The van der Waals surface area contributed by atoms with E-state index >= 15 is 0 Å². The highest BCUT2D eigenvalue weighted by atomic mass is 32.1. The quantitative estimate of drug-likeness (QED) is 0.645. The summed E-state index contributed by atoms with van der Waals surface area (Å²) in [6, 6.07) is 7.48. The number of esters is 1. The van der Waals surface area contributed by atoms with E-state index in [1.165, 1.54) is 11.3 Å². The number of nitrogens with zero attached hydrogens (tertiary/aromatic N) is 3. The number of carbonyl (C=O) groups excluding carboxylic acids is 1. The van der Waals surface area contributed by atoms with Crippen LogP contribution in [0.5, 0.6) is 0 Å². The van der Waals surface area contributed by atoms with Gasteiger partial charge in [-0.3, -0.25) is 0 Å². The Hall–Kier alpha value is -2.47. The molecule has 0 radical (unpaired) electrons. The van der Waals surface area contributed by atoms with Gasteiger partial charge in [-0.2, -0.15) is 0 Å². The van der Waals surface area contributed by atoms with Crippen LogP contribution >= 0.6 is 11.3 Å². The third-order valence-corrected chi connectivity index (χ3v) is 3.74. The van der Waals surface area contributed by atoms with E-state index in [-0.39, 0.29) is 5.70 Å². The molecular formula is C15H13N3O2S. The van der Waals surface area contributed by atoms with Crippen LogP contribution in [-0.4, -0.2) is 30.9 Å². The van der Waals surface area contributed by atoms with Gasteiger partial charge in [0, 0.05) is 25.9 Å². The predicted octanol–water partition coefficient (Wildman–Crippen LogP) is 2.55. The molecule has 0 fully saturated rings. The monoisotopic (exact) mass is 299 g/mol. The van der Waals surface area contributed by atoms with Gasteiger partial charge in [0.25, 0.3) is 0 Å². The number of hydrogen-bond donors (Lipinski definition) is 0. The second-order valence-corrected chi connectivity index (χ2v) is 5.57. The molecule has 0 N–H and O–H groups in total. The van der Waals surface area contributed by atoms with Crippen molar-refractivity contribution >= 4 is 35.1 Å². The predicted molar refractivity (Wildman–Crippen MR) is 83.5 cm³/mol. The van der Waals surface area contributed by atoms with Crippen LogP contribution in [0.4, 0.5) is 5.82 Å². The van der Waals surface area contributed by atoms with Gasteiger partial charge in [-0.15, -0.1) is 11.3 Å². The molecule has 1 aliphatic heterocycles. The summed E-state index contributed by atoms with van der Waals surface area (Å²) in [4.78, 5) is 23.2. The zero-order valence-corrected chi connectivity index (χ0v) is 12.4. The summed E-state index contributed by atoms with van der Waals surface area (Å²) in [5.41, 5.74) is 1.11. The molecule has 1 aliphatic rings. The van der Waals surface area contributed by atoms with Crippen LogP contribution in [0.25, 0.3) is 6.08 Å². The number of rotatable bonds is 3. The molecule has 0 saturated carbocycles. The second-order valence-electron chi connectivity index (χ2n) is 4.62. The topological polar surface area (TPSA) is 54.8 Å². The minimum atomic E-state index is -0.438. The van der Waals surface area contributed by atoms with Crippen LogP contribution < -0.4 is 4.90 Å². The number of thiophene rings is 1. The summed E-state index contributed by atoms with van der Waals surface area (Å²) in [6.45, 7) is 0. The lowest BCUT2D eigenvalue weighted by Crippen LogP contribution is -2.12. The van der Waals surface area contributed by atoms with Crippen molar-refractivity contribution in [3.63, 3.8) is 0 Å². The molecule has 5 nitrogen and oxygen atoms in total. The average Bonchev–Trinajstić information content (AvgIpc) is 3.10. The Morgan fingerprint density at radius 2 is 2.14 bits per heavy atom. The smallest absolute Gasteiger partial charge is 0.363 e. The first-order valence-electron chi connectivity index (χ1n) is 6.34. The van der Waals surface area contributed by atoms with E-state index in [4.69, 9.17) is 4.74 Å². The van der Waals surface area contributed by atoms with Gasteiger partial charge in [0.15, 0.2) is 5.70 Å². The van der Waals surface area contributed by atoms with E-state index in [0.29, 0.717) is 5.90 Å². The lowest BCUT2D eigenvalue weighted by atomic mass is 10.2. The largest absolute Gasteiger partial charge is 0.401 e. The minimum absolute atomic E-state index is 0.287. The normalized spacial score (nSPS) is 16.0. The van der Waals surface area contributed by atoms with Gasteiger partial charge in [0.05, 0.1) is 4.88 Å². The van der Waals surface area contributed by atoms with Gasteiger partial charge < -0.3 is 9.64 Å². The maximum absolute atomic E-state index is 11.9. The number of pyridine rings is 1. The van der Waals surface area contributed by atoms with Gasteiger partial charge in [-0.25, -0.2) is 14.8 Å². The molecule has 0 bridgehead atoms. The van der Waals surface area contributed by atoms with Crippen molar-refractivity contribution in [1.82, 2.24) is 4.98 Å². The summed E-state index contributed by atoms with van der Waals surface area (Å²) in [5, 5.41) is 1.92. The number of cyclic esters (lactones) is 1. The molecule has 0 aliphatic carbocycles. The van der Waals surface area contributed by atoms with Crippen LogP contribution in [0.3, 0.4) is 0 Å². The Morgan fingerprint density at radius 1 is 1.29 bits per heavy atom. The fraction of sp³-hybridized carbons (Fsp3) is 0.133. The van der Waals surface area contributed by atoms with Crippen molar-refractivity contribution in [1.29, 1.82) is 0 Å².